The Bertz CT molecular complexity index is 261. The molecule has 0 atom stereocenters. The number of carbonyl (C=O) groups excluding carboxylic acids is 1. The molecule has 0 amide bonds. The third-order valence-corrected chi connectivity index (χ3v) is 2.91. The van der Waals surface area contributed by atoms with Gasteiger partial charge in [-0.2, -0.15) is 0 Å². The van der Waals surface area contributed by atoms with E-state index in [9.17, 15) is 4.79 Å². The highest BCUT2D eigenvalue weighted by atomic mass is 16.6. The molecule has 0 saturated heterocycles. The van der Waals surface area contributed by atoms with Crippen molar-refractivity contribution in [3.8, 4) is 0 Å². The second-order valence-corrected chi connectivity index (χ2v) is 5.11. The summed E-state index contributed by atoms with van der Waals surface area (Å²) in [5.41, 5.74) is 0. The van der Waals surface area contributed by atoms with Crippen molar-refractivity contribution < 1.29 is 33.2 Å². The molecular formula is C17H34O7. The molecule has 24 heavy (non-hydrogen) atoms. The molecule has 0 spiro atoms. The summed E-state index contributed by atoms with van der Waals surface area (Å²) in [5.74, 6) is -0.296. The molecule has 0 fully saturated rings. The summed E-state index contributed by atoms with van der Waals surface area (Å²) in [4.78, 5) is 10.5. The topological polar surface area (TPSA) is 72.5 Å². The van der Waals surface area contributed by atoms with Crippen molar-refractivity contribution in [1.82, 2.24) is 0 Å². The van der Waals surface area contributed by atoms with Crippen LogP contribution in [0.5, 0.6) is 0 Å². The highest BCUT2D eigenvalue weighted by Gasteiger charge is 1.95. The molecule has 0 aliphatic carbocycles. The van der Waals surface area contributed by atoms with Gasteiger partial charge in [0, 0.05) is 13.5 Å². The van der Waals surface area contributed by atoms with Crippen molar-refractivity contribution in [3.63, 3.8) is 0 Å². The summed E-state index contributed by atoms with van der Waals surface area (Å²) in [6.45, 7) is 9.43. The molecule has 7 heteroatoms. The van der Waals surface area contributed by atoms with Crippen molar-refractivity contribution in [3.05, 3.63) is 0 Å². The van der Waals surface area contributed by atoms with Crippen LogP contribution in [0.2, 0.25) is 0 Å². The van der Waals surface area contributed by atoms with Crippen LogP contribution in [0.25, 0.3) is 0 Å². The smallest absolute Gasteiger partial charge is 0.302 e. The summed E-state index contributed by atoms with van der Waals surface area (Å²) >= 11 is 0. The molecule has 0 aromatic heterocycles. The molecule has 0 aliphatic rings. The molecule has 0 bridgehead atoms. The van der Waals surface area contributed by atoms with Gasteiger partial charge in [0.15, 0.2) is 0 Å². The Hall–Kier alpha value is -0.730. The molecule has 0 radical (unpaired) electrons. The number of esters is 1. The van der Waals surface area contributed by atoms with E-state index in [0.717, 1.165) is 13.0 Å². The first-order valence-corrected chi connectivity index (χ1v) is 8.79. The predicted molar refractivity (Wildman–Crippen MR) is 90.3 cm³/mol. The molecule has 7 nitrogen and oxygen atoms in total. The van der Waals surface area contributed by atoms with Crippen molar-refractivity contribution in [2.45, 2.75) is 33.1 Å². The molecule has 0 saturated carbocycles. The first-order valence-electron chi connectivity index (χ1n) is 8.79. The van der Waals surface area contributed by atoms with Crippen LogP contribution in [-0.4, -0.2) is 78.6 Å². The molecule has 0 aromatic carbocycles. The Balaban J connectivity index is 2.97. The number of rotatable bonds is 19. The molecule has 0 aromatic rings. The largest absolute Gasteiger partial charge is 0.463 e. The van der Waals surface area contributed by atoms with Crippen LogP contribution in [0.4, 0.5) is 0 Å². The van der Waals surface area contributed by atoms with E-state index in [2.05, 4.69) is 6.92 Å². The maximum Gasteiger partial charge on any atom is 0.302 e. The highest BCUT2D eigenvalue weighted by Crippen LogP contribution is 1.93. The molecule has 0 aliphatic heterocycles. The van der Waals surface area contributed by atoms with Crippen molar-refractivity contribution in [1.29, 1.82) is 0 Å². The van der Waals surface area contributed by atoms with Crippen LogP contribution in [0.15, 0.2) is 0 Å². The first-order chi connectivity index (χ1) is 11.8. The number of carbonyl (C=O) groups is 1. The van der Waals surface area contributed by atoms with Gasteiger partial charge in [0.1, 0.15) is 6.61 Å². The van der Waals surface area contributed by atoms with Crippen LogP contribution in [0.1, 0.15) is 33.1 Å². The predicted octanol–water partition coefficient (Wildman–Crippen LogP) is 1.82. The minimum absolute atomic E-state index is 0.280. The third-order valence-electron chi connectivity index (χ3n) is 2.91. The third kappa shape index (κ3) is 21.3. The molecule has 0 rings (SSSR count). The summed E-state index contributed by atoms with van der Waals surface area (Å²) < 4.78 is 31.5. The molecule has 144 valence electrons. The van der Waals surface area contributed by atoms with Crippen molar-refractivity contribution in [2.75, 3.05) is 72.7 Å². The Morgan fingerprint density at radius 2 is 0.958 bits per heavy atom. The van der Waals surface area contributed by atoms with Gasteiger partial charge in [0.2, 0.25) is 0 Å². The fourth-order valence-electron chi connectivity index (χ4n) is 1.68. The monoisotopic (exact) mass is 350 g/mol. The van der Waals surface area contributed by atoms with Gasteiger partial charge in [0.05, 0.1) is 59.5 Å². The standard InChI is InChI=1S/C17H34O7/c1-3-4-5-6-19-7-8-20-9-10-21-11-12-22-13-14-23-15-16-24-17(2)18/h3-16H2,1-2H3. The second kappa shape index (κ2) is 20.3. The Labute approximate surface area is 145 Å². The van der Waals surface area contributed by atoms with E-state index in [-0.39, 0.29) is 12.6 Å². The number of unbranched alkanes of at least 4 members (excludes halogenated alkanes) is 2. The highest BCUT2D eigenvalue weighted by molar-refractivity contribution is 5.65. The average molecular weight is 350 g/mol. The lowest BCUT2D eigenvalue weighted by molar-refractivity contribution is -0.142. The van der Waals surface area contributed by atoms with E-state index in [4.69, 9.17) is 28.4 Å². The zero-order chi connectivity index (χ0) is 17.7. The van der Waals surface area contributed by atoms with E-state index in [0.29, 0.717) is 59.5 Å². The van der Waals surface area contributed by atoms with Gasteiger partial charge >= 0.3 is 5.97 Å². The zero-order valence-corrected chi connectivity index (χ0v) is 15.3. The Morgan fingerprint density at radius 3 is 1.33 bits per heavy atom. The van der Waals surface area contributed by atoms with Crippen LogP contribution in [0, 0.1) is 0 Å². The lowest BCUT2D eigenvalue weighted by Gasteiger charge is -2.08. The molecular weight excluding hydrogens is 316 g/mol. The minimum Gasteiger partial charge on any atom is -0.463 e. The summed E-state index contributed by atoms with van der Waals surface area (Å²) in [5, 5.41) is 0. The quantitative estimate of drug-likeness (QED) is 0.260. The van der Waals surface area contributed by atoms with Gasteiger partial charge in [0.25, 0.3) is 0 Å². The molecule has 0 heterocycles. The van der Waals surface area contributed by atoms with Crippen LogP contribution >= 0.6 is 0 Å². The van der Waals surface area contributed by atoms with Gasteiger partial charge in [-0.1, -0.05) is 19.8 Å². The van der Waals surface area contributed by atoms with Gasteiger partial charge in [-0.25, -0.2) is 0 Å². The van der Waals surface area contributed by atoms with Gasteiger partial charge in [-0.05, 0) is 6.42 Å². The van der Waals surface area contributed by atoms with Gasteiger partial charge < -0.3 is 28.4 Å². The van der Waals surface area contributed by atoms with Crippen LogP contribution < -0.4 is 0 Å². The number of ether oxygens (including phenoxy) is 6. The molecule has 0 N–H and O–H groups in total. The summed E-state index contributed by atoms with van der Waals surface area (Å²) in [7, 11) is 0. The van der Waals surface area contributed by atoms with Crippen LogP contribution in [-0.2, 0) is 33.2 Å². The van der Waals surface area contributed by atoms with Gasteiger partial charge in [-0.3, -0.25) is 4.79 Å². The number of hydrogen-bond acceptors (Lipinski definition) is 7. The van der Waals surface area contributed by atoms with E-state index in [1.807, 2.05) is 0 Å². The number of hydrogen-bond donors (Lipinski definition) is 0. The van der Waals surface area contributed by atoms with E-state index in [1.165, 1.54) is 19.8 Å². The van der Waals surface area contributed by atoms with E-state index in [1.54, 1.807) is 0 Å². The SMILES string of the molecule is CCCCCOCCOCCOCCOCCOCCOC(C)=O. The lowest BCUT2D eigenvalue weighted by Crippen LogP contribution is -2.14. The summed E-state index contributed by atoms with van der Waals surface area (Å²) in [6.07, 6.45) is 3.55. The van der Waals surface area contributed by atoms with E-state index < -0.39 is 0 Å². The second-order valence-electron chi connectivity index (χ2n) is 5.11. The lowest BCUT2D eigenvalue weighted by atomic mass is 10.3. The maximum absolute atomic E-state index is 10.5. The van der Waals surface area contributed by atoms with Crippen molar-refractivity contribution in [2.24, 2.45) is 0 Å². The Kier molecular flexibility index (Phi) is 19.7. The van der Waals surface area contributed by atoms with Gasteiger partial charge in [-0.15, -0.1) is 0 Å². The normalized spacial score (nSPS) is 10.9. The Morgan fingerprint density at radius 1 is 0.583 bits per heavy atom. The summed E-state index contributed by atoms with van der Waals surface area (Å²) in [6, 6.07) is 0. The maximum atomic E-state index is 10.5. The first kappa shape index (κ1) is 23.3. The minimum atomic E-state index is -0.296. The molecule has 0 unspecified atom stereocenters. The zero-order valence-electron chi connectivity index (χ0n) is 15.3. The fourth-order valence-corrected chi connectivity index (χ4v) is 1.68. The van der Waals surface area contributed by atoms with Crippen molar-refractivity contribution >= 4 is 5.97 Å². The fraction of sp³-hybridized carbons (Fsp3) is 0.941. The van der Waals surface area contributed by atoms with Crippen LogP contribution in [0.3, 0.4) is 0 Å². The average Bonchev–Trinajstić information content (AvgIpc) is 2.56. The van der Waals surface area contributed by atoms with E-state index >= 15 is 0 Å².